The van der Waals surface area contributed by atoms with Gasteiger partial charge >= 0.3 is 0 Å². The number of nitrogens with zero attached hydrogens (tertiary/aromatic N) is 1. The Bertz CT molecular complexity index is 940. The van der Waals surface area contributed by atoms with Crippen LogP contribution in [0.2, 0.25) is 0 Å². The number of rotatable bonds is 8. The van der Waals surface area contributed by atoms with Gasteiger partial charge < -0.3 is 20.3 Å². The van der Waals surface area contributed by atoms with E-state index in [1.807, 2.05) is 45.0 Å². The molecule has 1 aliphatic heterocycles. The van der Waals surface area contributed by atoms with E-state index in [4.69, 9.17) is 4.74 Å². The molecule has 3 rings (SSSR count). The molecule has 0 aliphatic carbocycles. The maximum absolute atomic E-state index is 12.4. The largest absolute Gasteiger partial charge is 0.484 e. The zero-order valence-corrected chi connectivity index (χ0v) is 18.2. The third kappa shape index (κ3) is 6.31. The summed E-state index contributed by atoms with van der Waals surface area (Å²) in [6.45, 7) is 6.87. The Labute approximate surface area is 182 Å². The third-order valence-corrected chi connectivity index (χ3v) is 5.00. The van der Waals surface area contributed by atoms with Gasteiger partial charge in [0.05, 0.1) is 5.92 Å². The monoisotopic (exact) mass is 423 g/mol. The first kappa shape index (κ1) is 22.3. The maximum Gasteiger partial charge on any atom is 0.262 e. The molecule has 1 heterocycles. The number of hydrogen-bond donors (Lipinski definition) is 2. The summed E-state index contributed by atoms with van der Waals surface area (Å²) in [6.07, 6.45) is 0.210. The molecule has 0 spiro atoms. The average molecular weight is 424 g/mol. The van der Waals surface area contributed by atoms with Crippen molar-refractivity contribution >= 4 is 29.1 Å². The first-order valence-electron chi connectivity index (χ1n) is 10.5. The summed E-state index contributed by atoms with van der Waals surface area (Å²) in [5, 5.41) is 5.69. The molecule has 1 saturated heterocycles. The van der Waals surface area contributed by atoms with Crippen LogP contribution in [0.3, 0.4) is 0 Å². The van der Waals surface area contributed by atoms with E-state index in [0.717, 1.165) is 11.3 Å². The van der Waals surface area contributed by atoms with Crippen LogP contribution in [0.4, 0.5) is 11.4 Å². The lowest BCUT2D eigenvalue weighted by molar-refractivity contribution is -0.126. The number of anilines is 2. The van der Waals surface area contributed by atoms with Crippen LogP contribution >= 0.6 is 0 Å². The van der Waals surface area contributed by atoms with Gasteiger partial charge in [-0.1, -0.05) is 26.0 Å². The second-order valence-corrected chi connectivity index (χ2v) is 8.24. The second kappa shape index (κ2) is 10.1. The van der Waals surface area contributed by atoms with Gasteiger partial charge in [0.25, 0.3) is 5.91 Å². The molecule has 164 valence electrons. The van der Waals surface area contributed by atoms with Crippen molar-refractivity contribution in [2.24, 2.45) is 11.8 Å². The highest BCUT2D eigenvalue weighted by molar-refractivity contribution is 6.00. The highest BCUT2D eigenvalue weighted by atomic mass is 16.5. The minimum Gasteiger partial charge on any atom is -0.484 e. The zero-order valence-electron chi connectivity index (χ0n) is 18.2. The number of aryl methyl sites for hydroxylation is 1. The number of carbonyl (C=O) groups is 3. The van der Waals surface area contributed by atoms with Gasteiger partial charge in [0.15, 0.2) is 6.61 Å². The number of ether oxygens (including phenoxy) is 1. The molecule has 0 radical (unpaired) electrons. The van der Waals surface area contributed by atoms with Gasteiger partial charge in [-0.25, -0.2) is 0 Å². The fraction of sp³-hybridized carbons (Fsp3) is 0.375. The number of carbonyl (C=O) groups excluding carboxylic acids is 3. The molecule has 1 atom stereocenters. The molecule has 7 heteroatoms. The fourth-order valence-corrected chi connectivity index (χ4v) is 3.37. The van der Waals surface area contributed by atoms with Crippen molar-refractivity contribution in [3.63, 3.8) is 0 Å². The van der Waals surface area contributed by atoms with Crippen LogP contribution in [-0.4, -0.2) is 37.4 Å². The first-order chi connectivity index (χ1) is 14.8. The van der Waals surface area contributed by atoms with Crippen molar-refractivity contribution in [3.05, 3.63) is 54.1 Å². The molecule has 1 aliphatic rings. The van der Waals surface area contributed by atoms with Crippen LogP contribution in [-0.2, 0) is 14.4 Å². The molecule has 2 N–H and O–H groups in total. The lowest BCUT2D eigenvalue weighted by Crippen LogP contribution is -2.35. The van der Waals surface area contributed by atoms with Crippen LogP contribution in [0.1, 0.15) is 25.8 Å². The van der Waals surface area contributed by atoms with Crippen LogP contribution in [0.5, 0.6) is 5.75 Å². The van der Waals surface area contributed by atoms with Crippen molar-refractivity contribution < 1.29 is 19.1 Å². The number of hydrogen-bond acceptors (Lipinski definition) is 4. The predicted molar refractivity (Wildman–Crippen MR) is 120 cm³/mol. The van der Waals surface area contributed by atoms with E-state index in [1.165, 1.54) is 0 Å². The summed E-state index contributed by atoms with van der Waals surface area (Å²) in [6, 6.07) is 14.5. The van der Waals surface area contributed by atoms with E-state index < -0.39 is 0 Å². The Hall–Kier alpha value is -3.35. The normalized spacial score (nSPS) is 15.8. The summed E-state index contributed by atoms with van der Waals surface area (Å²) in [4.78, 5) is 38.4. The first-order valence-corrected chi connectivity index (χ1v) is 10.5. The Kier molecular flexibility index (Phi) is 7.28. The minimum atomic E-state index is -0.340. The van der Waals surface area contributed by atoms with E-state index in [9.17, 15) is 14.4 Å². The zero-order chi connectivity index (χ0) is 22.4. The van der Waals surface area contributed by atoms with Gasteiger partial charge in [-0.2, -0.15) is 0 Å². The van der Waals surface area contributed by atoms with Crippen molar-refractivity contribution in [1.82, 2.24) is 5.32 Å². The van der Waals surface area contributed by atoms with E-state index in [0.29, 0.717) is 30.4 Å². The highest BCUT2D eigenvalue weighted by Crippen LogP contribution is 2.27. The van der Waals surface area contributed by atoms with Crippen molar-refractivity contribution in [1.29, 1.82) is 0 Å². The summed E-state index contributed by atoms with van der Waals surface area (Å²) in [5.41, 5.74) is 2.50. The van der Waals surface area contributed by atoms with Crippen LogP contribution in [0.15, 0.2) is 48.5 Å². The van der Waals surface area contributed by atoms with Crippen molar-refractivity contribution in [2.45, 2.75) is 27.2 Å². The predicted octanol–water partition coefficient (Wildman–Crippen LogP) is 3.14. The minimum absolute atomic E-state index is 0.0732. The second-order valence-electron chi connectivity index (χ2n) is 8.24. The van der Waals surface area contributed by atoms with Gasteiger partial charge in [0, 0.05) is 30.9 Å². The van der Waals surface area contributed by atoms with Gasteiger partial charge in [0.1, 0.15) is 5.75 Å². The molecule has 1 unspecified atom stereocenters. The molecule has 2 aromatic rings. The van der Waals surface area contributed by atoms with E-state index in [2.05, 4.69) is 10.6 Å². The maximum atomic E-state index is 12.4. The fourth-order valence-electron chi connectivity index (χ4n) is 3.37. The van der Waals surface area contributed by atoms with Gasteiger partial charge in [0.2, 0.25) is 11.8 Å². The molecular formula is C24H29N3O4. The standard InChI is InChI=1S/C24H29N3O4/c1-16(2)13-25-24(30)18-12-23(29)27(14-18)20-7-9-21(10-8-20)31-15-22(28)26-19-6-4-5-17(3)11-19/h4-11,16,18H,12-15H2,1-3H3,(H,25,30)(H,26,28). The highest BCUT2D eigenvalue weighted by Gasteiger charge is 2.35. The molecule has 0 saturated carbocycles. The van der Waals surface area contributed by atoms with Crippen molar-refractivity contribution in [3.8, 4) is 5.75 Å². The summed E-state index contributed by atoms with van der Waals surface area (Å²) in [5.74, 6) is 0.150. The van der Waals surface area contributed by atoms with Gasteiger partial charge in [-0.05, 0) is 54.8 Å². The van der Waals surface area contributed by atoms with E-state index >= 15 is 0 Å². The molecular weight excluding hydrogens is 394 g/mol. The Morgan fingerprint density at radius 2 is 1.90 bits per heavy atom. The van der Waals surface area contributed by atoms with Gasteiger partial charge in [-0.15, -0.1) is 0 Å². The lowest BCUT2D eigenvalue weighted by atomic mass is 10.1. The van der Waals surface area contributed by atoms with E-state index in [-0.39, 0.29) is 36.7 Å². The Morgan fingerprint density at radius 3 is 2.58 bits per heavy atom. The summed E-state index contributed by atoms with van der Waals surface area (Å²) in [7, 11) is 0. The van der Waals surface area contributed by atoms with Crippen LogP contribution in [0, 0.1) is 18.8 Å². The molecule has 31 heavy (non-hydrogen) atoms. The molecule has 0 bridgehead atoms. The summed E-state index contributed by atoms with van der Waals surface area (Å²) >= 11 is 0. The number of amides is 3. The number of nitrogens with one attached hydrogen (secondary N) is 2. The third-order valence-electron chi connectivity index (χ3n) is 5.00. The summed E-state index contributed by atoms with van der Waals surface area (Å²) < 4.78 is 5.55. The SMILES string of the molecule is Cc1cccc(NC(=O)COc2ccc(N3CC(C(=O)NCC(C)C)CC3=O)cc2)c1. The Morgan fingerprint density at radius 1 is 1.16 bits per heavy atom. The number of benzene rings is 2. The quantitative estimate of drug-likeness (QED) is 0.683. The molecule has 1 fully saturated rings. The molecule has 0 aromatic heterocycles. The van der Waals surface area contributed by atoms with Gasteiger partial charge in [-0.3, -0.25) is 14.4 Å². The van der Waals surface area contributed by atoms with E-state index in [1.54, 1.807) is 29.2 Å². The average Bonchev–Trinajstić information content (AvgIpc) is 3.12. The Balaban J connectivity index is 1.51. The molecule has 7 nitrogen and oxygen atoms in total. The molecule has 2 aromatic carbocycles. The smallest absolute Gasteiger partial charge is 0.262 e. The lowest BCUT2D eigenvalue weighted by Gasteiger charge is -2.17. The van der Waals surface area contributed by atoms with Crippen molar-refractivity contribution in [2.75, 3.05) is 29.9 Å². The topological polar surface area (TPSA) is 87.7 Å². The molecule has 3 amide bonds. The van der Waals surface area contributed by atoms with Crippen LogP contribution < -0.4 is 20.3 Å². The van der Waals surface area contributed by atoms with Crippen LogP contribution in [0.25, 0.3) is 0 Å².